The highest BCUT2D eigenvalue weighted by atomic mass is 16.5. The fourth-order valence-corrected chi connectivity index (χ4v) is 2.38. The fourth-order valence-electron chi connectivity index (χ4n) is 2.38. The summed E-state index contributed by atoms with van der Waals surface area (Å²) in [6.07, 6.45) is 0.943. The van der Waals surface area contributed by atoms with Gasteiger partial charge < -0.3 is 19.9 Å². The van der Waals surface area contributed by atoms with E-state index in [1.54, 1.807) is 14.2 Å². The molecule has 1 unspecified atom stereocenters. The molecule has 1 aromatic carbocycles. The smallest absolute Gasteiger partial charge is 0.161 e. The maximum atomic E-state index is 9.65. The first-order chi connectivity index (χ1) is 8.25. The summed E-state index contributed by atoms with van der Waals surface area (Å²) in [5, 5.41) is 12.9. The van der Waals surface area contributed by atoms with E-state index in [0.29, 0.717) is 5.75 Å². The van der Waals surface area contributed by atoms with Crippen LogP contribution in [-0.4, -0.2) is 39.0 Å². The van der Waals surface area contributed by atoms with Crippen molar-refractivity contribution in [3.63, 3.8) is 0 Å². The summed E-state index contributed by atoms with van der Waals surface area (Å²) < 4.78 is 10.5. The highest BCUT2D eigenvalue weighted by Gasteiger charge is 2.35. The van der Waals surface area contributed by atoms with Crippen molar-refractivity contribution in [2.45, 2.75) is 11.8 Å². The Morgan fingerprint density at radius 1 is 1.29 bits per heavy atom. The van der Waals surface area contributed by atoms with Gasteiger partial charge in [0.05, 0.1) is 20.8 Å². The van der Waals surface area contributed by atoms with Crippen molar-refractivity contribution in [1.29, 1.82) is 0 Å². The van der Waals surface area contributed by atoms with Crippen LogP contribution in [0.1, 0.15) is 12.0 Å². The third-order valence-corrected chi connectivity index (χ3v) is 3.54. The van der Waals surface area contributed by atoms with Gasteiger partial charge in [-0.1, -0.05) is 6.07 Å². The highest BCUT2D eigenvalue weighted by Crippen LogP contribution is 2.36. The minimum Gasteiger partial charge on any atom is -0.493 e. The molecule has 0 amide bonds. The molecule has 1 fully saturated rings. The lowest BCUT2D eigenvalue weighted by Crippen LogP contribution is -2.33. The quantitative estimate of drug-likeness (QED) is 0.818. The van der Waals surface area contributed by atoms with Crippen molar-refractivity contribution in [2.24, 2.45) is 0 Å². The Hall–Kier alpha value is -1.26. The molecule has 1 heterocycles. The summed E-state index contributed by atoms with van der Waals surface area (Å²) >= 11 is 0. The molecule has 94 valence electrons. The van der Waals surface area contributed by atoms with Crippen molar-refractivity contribution in [3.05, 3.63) is 23.8 Å². The third-order valence-electron chi connectivity index (χ3n) is 3.54. The van der Waals surface area contributed by atoms with E-state index in [1.807, 2.05) is 18.2 Å². The SMILES string of the molecule is COc1ccc(C2(CO)CCNC2)cc1OC. The monoisotopic (exact) mass is 237 g/mol. The molecule has 4 heteroatoms. The van der Waals surface area contributed by atoms with Crippen LogP contribution < -0.4 is 14.8 Å². The molecule has 1 saturated heterocycles. The molecule has 2 rings (SSSR count). The number of nitrogens with one attached hydrogen (secondary N) is 1. The van der Waals surface area contributed by atoms with Gasteiger partial charge in [-0.25, -0.2) is 0 Å². The van der Waals surface area contributed by atoms with Gasteiger partial charge in [-0.15, -0.1) is 0 Å². The molecule has 1 aliphatic heterocycles. The van der Waals surface area contributed by atoms with Crippen LogP contribution in [-0.2, 0) is 5.41 Å². The van der Waals surface area contributed by atoms with Gasteiger partial charge in [-0.05, 0) is 30.7 Å². The normalized spacial score (nSPS) is 23.7. The van der Waals surface area contributed by atoms with Crippen LogP contribution in [0.2, 0.25) is 0 Å². The summed E-state index contributed by atoms with van der Waals surface area (Å²) in [7, 11) is 3.25. The van der Waals surface area contributed by atoms with Crippen LogP contribution in [0.3, 0.4) is 0 Å². The summed E-state index contributed by atoms with van der Waals surface area (Å²) in [5.74, 6) is 1.43. The van der Waals surface area contributed by atoms with Gasteiger partial charge in [0.2, 0.25) is 0 Å². The summed E-state index contributed by atoms with van der Waals surface area (Å²) in [6.45, 7) is 1.89. The second-order valence-electron chi connectivity index (χ2n) is 4.43. The number of hydrogen-bond acceptors (Lipinski definition) is 4. The zero-order chi connectivity index (χ0) is 12.3. The molecule has 0 radical (unpaired) electrons. The van der Waals surface area contributed by atoms with E-state index in [4.69, 9.17) is 9.47 Å². The van der Waals surface area contributed by atoms with E-state index in [2.05, 4.69) is 5.32 Å². The second-order valence-corrected chi connectivity index (χ2v) is 4.43. The molecular weight excluding hydrogens is 218 g/mol. The maximum absolute atomic E-state index is 9.65. The topological polar surface area (TPSA) is 50.7 Å². The largest absolute Gasteiger partial charge is 0.493 e. The van der Waals surface area contributed by atoms with E-state index in [-0.39, 0.29) is 12.0 Å². The molecule has 0 spiro atoms. The molecule has 1 aromatic rings. The number of aliphatic hydroxyl groups is 1. The van der Waals surface area contributed by atoms with E-state index in [1.165, 1.54) is 0 Å². The standard InChI is InChI=1S/C13H19NO3/c1-16-11-4-3-10(7-12(11)17-2)13(9-15)5-6-14-8-13/h3-4,7,14-15H,5-6,8-9H2,1-2H3. The van der Waals surface area contributed by atoms with E-state index in [9.17, 15) is 5.11 Å². The van der Waals surface area contributed by atoms with Crippen molar-refractivity contribution in [1.82, 2.24) is 5.32 Å². The van der Waals surface area contributed by atoms with Gasteiger partial charge in [-0.3, -0.25) is 0 Å². The number of hydrogen-bond donors (Lipinski definition) is 2. The molecule has 0 aromatic heterocycles. The molecule has 0 saturated carbocycles. The lowest BCUT2D eigenvalue weighted by atomic mass is 9.80. The van der Waals surface area contributed by atoms with Gasteiger partial charge >= 0.3 is 0 Å². The summed E-state index contributed by atoms with van der Waals surface area (Å²) in [6, 6.07) is 5.86. The van der Waals surface area contributed by atoms with Crippen molar-refractivity contribution in [2.75, 3.05) is 33.9 Å². The first-order valence-corrected chi connectivity index (χ1v) is 5.80. The number of methoxy groups -OCH3 is 2. The van der Waals surface area contributed by atoms with E-state index >= 15 is 0 Å². The second kappa shape index (κ2) is 4.94. The molecule has 1 aliphatic rings. The highest BCUT2D eigenvalue weighted by molar-refractivity contribution is 5.45. The molecule has 0 aliphatic carbocycles. The number of rotatable bonds is 4. The fraction of sp³-hybridized carbons (Fsp3) is 0.538. The van der Waals surface area contributed by atoms with Crippen molar-refractivity contribution < 1.29 is 14.6 Å². The first-order valence-electron chi connectivity index (χ1n) is 5.80. The van der Waals surface area contributed by atoms with Gasteiger partial charge in [0.1, 0.15) is 0 Å². The predicted molar refractivity (Wildman–Crippen MR) is 65.8 cm³/mol. The maximum Gasteiger partial charge on any atom is 0.161 e. The molecule has 2 N–H and O–H groups in total. The van der Waals surface area contributed by atoms with Crippen LogP contribution in [0.25, 0.3) is 0 Å². The van der Waals surface area contributed by atoms with Gasteiger partial charge in [0.25, 0.3) is 0 Å². The third kappa shape index (κ3) is 2.10. The van der Waals surface area contributed by atoms with Crippen molar-refractivity contribution in [3.8, 4) is 11.5 Å². The van der Waals surface area contributed by atoms with Gasteiger partial charge in [0, 0.05) is 12.0 Å². The average Bonchev–Trinajstić information content (AvgIpc) is 2.88. The Morgan fingerprint density at radius 3 is 2.59 bits per heavy atom. The Balaban J connectivity index is 2.38. The predicted octanol–water partition coefficient (Wildman–Crippen LogP) is 0.927. The molecule has 0 bridgehead atoms. The molecule has 1 atom stereocenters. The Kier molecular flexibility index (Phi) is 3.54. The Labute approximate surface area is 102 Å². The van der Waals surface area contributed by atoms with Crippen LogP contribution in [0.4, 0.5) is 0 Å². The van der Waals surface area contributed by atoms with E-state index in [0.717, 1.165) is 30.8 Å². The molecule has 17 heavy (non-hydrogen) atoms. The van der Waals surface area contributed by atoms with Gasteiger partial charge in [-0.2, -0.15) is 0 Å². The Morgan fingerprint density at radius 2 is 2.06 bits per heavy atom. The van der Waals surface area contributed by atoms with Crippen LogP contribution in [0.15, 0.2) is 18.2 Å². The number of benzene rings is 1. The minimum absolute atomic E-state index is 0.148. The Bertz CT molecular complexity index is 386. The number of aliphatic hydroxyl groups excluding tert-OH is 1. The van der Waals surface area contributed by atoms with Crippen LogP contribution in [0.5, 0.6) is 11.5 Å². The average molecular weight is 237 g/mol. The lowest BCUT2D eigenvalue weighted by Gasteiger charge is -2.27. The zero-order valence-corrected chi connectivity index (χ0v) is 10.3. The minimum atomic E-state index is -0.181. The number of ether oxygens (including phenoxy) is 2. The molecular formula is C13H19NO3. The van der Waals surface area contributed by atoms with Gasteiger partial charge in [0.15, 0.2) is 11.5 Å². The van der Waals surface area contributed by atoms with E-state index < -0.39 is 0 Å². The van der Waals surface area contributed by atoms with Crippen molar-refractivity contribution >= 4 is 0 Å². The molecule has 4 nitrogen and oxygen atoms in total. The summed E-state index contributed by atoms with van der Waals surface area (Å²) in [5.41, 5.74) is 0.919. The zero-order valence-electron chi connectivity index (χ0n) is 10.3. The van der Waals surface area contributed by atoms with Crippen LogP contribution in [0, 0.1) is 0 Å². The lowest BCUT2D eigenvalue weighted by molar-refractivity contribution is 0.205. The first kappa shape index (κ1) is 12.2. The summed E-state index contributed by atoms with van der Waals surface area (Å²) in [4.78, 5) is 0. The van der Waals surface area contributed by atoms with Crippen LogP contribution >= 0.6 is 0 Å².